The summed E-state index contributed by atoms with van der Waals surface area (Å²) in [5.74, 6) is 0. The summed E-state index contributed by atoms with van der Waals surface area (Å²) in [6.07, 6.45) is 0. The molecule has 2 atom stereocenters. The first-order valence-electron chi connectivity index (χ1n) is 10.5. The van der Waals surface area contributed by atoms with Crippen molar-refractivity contribution < 1.29 is 21.1 Å². The maximum atomic E-state index is 3.80. The van der Waals surface area contributed by atoms with E-state index in [1.54, 1.807) is 0 Å². The molecule has 0 nitrogen and oxygen atoms in total. The van der Waals surface area contributed by atoms with E-state index in [9.17, 15) is 0 Å². The predicted octanol–water partition coefficient (Wildman–Crippen LogP) is 8.21. The average molecular weight is 620 g/mol. The zero-order chi connectivity index (χ0) is 20.9. The Balaban J connectivity index is 0.00000231. The molecular weight excluding hydrogens is 593 g/mol. The van der Waals surface area contributed by atoms with Crippen molar-refractivity contribution in [3.05, 3.63) is 107 Å². The molecule has 0 aliphatic carbocycles. The van der Waals surface area contributed by atoms with Crippen LogP contribution >= 0.6 is 16.4 Å². The molecule has 156 valence electrons. The summed E-state index contributed by atoms with van der Waals surface area (Å²) >= 11 is 0. The van der Waals surface area contributed by atoms with E-state index in [0.717, 1.165) is 0 Å². The van der Waals surface area contributed by atoms with Crippen LogP contribution in [0.5, 0.6) is 0 Å². The van der Waals surface area contributed by atoms with Crippen LogP contribution in [0, 0.1) is 12.1 Å². The predicted molar refractivity (Wildman–Crippen MR) is 133 cm³/mol. The summed E-state index contributed by atoms with van der Waals surface area (Å²) in [7, 11) is 1.28. The van der Waals surface area contributed by atoms with Crippen LogP contribution in [0.25, 0.3) is 21.7 Å². The molecule has 3 heteroatoms. The van der Waals surface area contributed by atoms with Gasteiger partial charge in [0.1, 0.15) is 10.6 Å². The van der Waals surface area contributed by atoms with Crippen LogP contribution in [0.2, 0.25) is 0 Å². The minimum Gasteiger partial charge on any atom is -0.145 e. The third kappa shape index (κ3) is 4.00. The van der Waals surface area contributed by atoms with E-state index in [-0.39, 0.29) is 31.9 Å². The zero-order valence-corrected chi connectivity index (χ0v) is 22.5. The third-order valence-electron chi connectivity index (χ3n) is 6.45. The SMILES string of the molecule is CC1(C)c2[c-]c(ccc2)-c2cccc([pH+]2)C(C)(C)c2[c-]c(ccc2)-c2cccc1[pH+]2.[Pt+2]. The van der Waals surface area contributed by atoms with Crippen molar-refractivity contribution in [2.75, 3.05) is 0 Å². The van der Waals surface area contributed by atoms with Gasteiger partial charge in [-0.25, -0.2) is 0 Å². The van der Waals surface area contributed by atoms with Crippen molar-refractivity contribution >= 4 is 16.4 Å². The molecule has 2 aromatic carbocycles. The summed E-state index contributed by atoms with van der Waals surface area (Å²) in [4.78, 5) is 0. The van der Waals surface area contributed by atoms with Gasteiger partial charge in [-0.2, -0.15) is 0 Å². The second kappa shape index (κ2) is 8.41. The molecule has 31 heavy (non-hydrogen) atoms. The molecule has 3 heterocycles. The average Bonchev–Trinajstić information content (AvgIpc) is 2.79. The van der Waals surface area contributed by atoms with Gasteiger partial charge in [0.25, 0.3) is 0 Å². The molecule has 2 aromatic heterocycles. The van der Waals surface area contributed by atoms with Crippen molar-refractivity contribution in [3.8, 4) is 21.7 Å². The van der Waals surface area contributed by atoms with E-state index in [1.807, 2.05) is 0 Å². The molecule has 5 rings (SSSR count). The topological polar surface area (TPSA) is 0 Å². The summed E-state index contributed by atoms with van der Waals surface area (Å²) in [6.45, 7) is 9.34. The number of hydrogen-bond donors (Lipinski definition) is 0. The smallest absolute Gasteiger partial charge is 0.145 e. The number of hydrogen-bond acceptors (Lipinski definition) is 0. The fourth-order valence-corrected chi connectivity index (χ4v) is 7.01. The van der Waals surface area contributed by atoms with Crippen LogP contribution in [0.1, 0.15) is 49.4 Å². The van der Waals surface area contributed by atoms with E-state index in [2.05, 4.69) is 113 Å². The quantitative estimate of drug-likeness (QED) is 0.174. The first kappa shape index (κ1) is 22.6. The van der Waals surface area contributed by atoms with E-state index < -0.39 is 0 Å². The van der Waals surface area contributed by atoms with Crippen molar-refractivity contribution in [2.45, 2.75) is 38.5 Å². The molecule has 0 fully saturated rings. The number of rotatable bonds is 0. The Morgan fingerprint density at radius 2 is 0.935 bits per heavy atom. The van der Waals surface area contributed by atoms with E-state index >= 15 is 0 Å². The molecule has 2 unspecified atom stereocenters. The Labute approximate surface area is 203 Å². The Morgan fingerprint density at radius 3 is 1.35 bits per heavy atom. The van der Waals surface area contributed by atoms with Crippen molar-refractivity contribution in [2.24, 2.45) is 0 Å². The van der Waals surface area contributed by atoms with Crippen molar-refractivity contribution in [1.29, 1.82) is 0 Å². The number of benzene rings is 2. The second-order valence-electron chi connectivity index (χ2n) is 9.16. The summed E-state index contributed by atoms with van der Waals surface area (Å²) in [6, 6.07) is 34.5. The van der Waals surface area contributed by atoms with Crippen LogP contribution in [-0.2, 0) is 31.9 Å². The maximum Gasteiger partial charge on any atom is 2.00 e. The fraction of sp³-hybridized carbons (Fsp3) is 0.214. The van der Waals surface area contributed by atoms with Gasteiger partial charge in [0.15, 0.2) is 0 Å². The first-order valence-corrected chi connectivity index (χ1v) is 12.5. The zero-order valence-electron chi connectivity index (χ0n) is 18.2. The number of fused-ring (bicyclic) bond motifs is 10. The molecule has 8 bridgehead atoms. The van der Waals surface area contributed by atoms with Crippen molar-refractivity contribution in [1.82, 2.24) is 0 Å². The summed E-state index contributed by atoms with van der Waals surface area (Å²) in [5.41, 5.74) is 4.86. The van der Waals surface area contributed by atoms with Gasteiger partial charge in [0.2, 0.25) is 0 Å². The molecule has 1 aliphatic heterocycles. The standard InChI is InChI=1S/C28H24P2.Pt/c1-27(2)21-11-5-9-19(17-21)24-14-8-16-26(30-24)28(3,4)22-12-6-10-20(18-22)23-13-7-15-25(27)29-23;/h5-16H,1-4H3;/q-2;+2/p+2. The molecule has 4 aromatic rings. The van der Waals surface area contributed by atoms with Gasteiger partial charge in [-0.05, 0) is 39.8 Å². The second-order valence-corrected chi connectivity index (χ2v) is 11.8. The molecule has 0 radical (unpaired) electrons. The molecule has 0 amide bonds. The van der Waals surface area contributed by atoms with Gasteiger partial charge in [0, 0.05) is 10.8 Å². The first-order chi connectivity index (χ1) is 14.4. The molecule has 0 saturated heterocycles. The molecule has 0 spiro atoms. The van der Waals surface area contributed by atoms with Gasteiger partial charge < -0.3 is 0 Å². The minimum atomic E-state index is -0.0633. The van der Waals surface area contributed by atoms with Crippen LogP contribution in [0.15, 0.2) is 72.8 Å². The van der Waals surface area contributed by atoms with Crippen LogP contribution in [0.3, 0.4) is 0 Å². The van der Waals surface area contributed by atoms with Crippen LogP contribution < -0.4 is 0 Å². The molecule has 0 N–H and O–H groups in total. The van der Waals surface area contributed by atoms with Gasteiger partial charge in [-0.1, -0.05) is 24.3 Å². The van der Waals surface area contributed by atoms with Crippen molar-refractivity contribution in [3.63, 3.8) is 0 Å². The fourth-order valence-electron chi connectivity index (χ4n) is 4.25. The Morgan fingerprint density at radius 1 is 0.548 bits per heavy atom. The van der Waals surface area contributed by atoms with Gasteiger partial charge in [-0.3, -0.25) is 0 Å². The van der Waals surface area contributed by atoms with E-state index in [0.29, 0.717) is 16.4 Å². The van der Waals surface area contributed by atoms with Crippen LogP contribution in [-0.4, -0.2) is 0 Å². The molecule has 1 aliphatic rings. The Hall–Kier alpha value is -1.57. The van der Waals surface area contributed by atoms with E-state index in [4.69, 9.17) is 0 Å². The van der Waals surface area contributed by atoms with Crippen LogP contribution in [0.4, 0.5) is 0 Å². The summed E-state index contributed by atoms with van der Waals surface area (Å²) < 4.78 is 0. The molecule has 0 saturated carbocycles. The third-order valence-corrected chi connectivity index (χ3v) is 9.99. The Kier molecular flexibility index (Phi) is 6.14. The minimum absolute atomic E-state index is 0. The summed E-state index contributed by atoms with van der Waals surface area (Å²) in [5, 5.41) is 5.66. The monoisotopic (exact) mass is 619 g/mol. The molecular formula is C28H26P2Pt+2. The largest absolute Gasteiger partial charge is 2.00 e. The van der Waals surface area contributed by atoms with Gasteiger partial charge in [-0.15, -0.1) is 70.8 Å². The maximum absolute atomic E-state index is 3.80. The van der Waals surface area contributed by atoms with E-state index in [1.165, 1.54) is 43.4 Å². The normalized spacial score (nSPS) is 15.9. The van der Waals surface area contributed by atoms with Gasteiger partial charge >= 0.3 is 21.1 Å². The van der Waals surface area contributed by atoms with Gasteiger partial charge in [0.05, 0.1) is 27.0 Å². The Bertz CT molecular complexity index is 1060.